The molecule has 1 aromatic heterocycles. The van der Waals surface area contributed by atoms with E-state index in [1.54, 1.807) is 10.6 Å². The molecule has 1 heterocycles. The highest BCUT2D eigenvalue weighted by Gasteiger charge is 2.16. The minimum Gasteiger partial charge on any atom is -0.492 e. The second-order valence-corrected chi connectivity index (χ2v) is 8.58. The lowest BCUT2D eigenvalue weighted by Crippen LogP contribution is -2.30. The van der Waals surface area contributed by atoms with Gasteiger partial charge in [0.1, 0.15) is 12.4 Å². The summed E-state index contributed by atoms with van der Waals surface area (Å²) in [7, 11) is 0. The number of nitrogens with one attached hydrogen (secondary N) is 1. The van der Waals surface area contributed by atoms with Crippen molar-refractivity contribution in [2.24, 2.45) is 0 Å². The van der Waals surface area contributed by atoms with Crippen molar-refractivity contribution in [3.8, 4) is 11.4 Å². The Morgan fingerprint density at radius 3 is 2.58 bits per heavy atom. The number of nitrogens with zero attached hydrogens (tertiary/aromatic N) is 2. The summed E-state index contributed by atoms with van der Waals surface area (Å²) in [5, 5.41) is 3.89. The van der Waals surface area contributed by atoms with Crippen molar-refractivity contribution in [1.29, 1.82) is 0 Å². The maximum absolute atomic E-state index is 13.4. The van der Waals surface area contributed by atoms with Crippen LogP contribution >= 0.6 is 11.8 Å². The zero-order valence-corrected chi connectivity index (χ0v) is 19.4. The summed E-state index contributed by atoms with van der Waals surface area (Å²) in [6.45, 7) is 4.75. The average Bonchev–Trinajstić information content (AvgIpc) is 2.82. The number of aromatic nitrogens is 2. The molecule has 168 valence electrons. The van der Waals surface area contributed by atoms with Gasteiger partial charge in [0.2, 0.25) is 5.91 Å². The van der Waals surface area contributed by atoms with Crippen molar-refractivity contribution >= 4 is 28.6 Å². The fraction of sp³-hybridized carbons (Fsp3) is 0.192. The van der Waals surface area contributed by atoms with Gasteiger partial charge in [-0.2, -0.15) is 0 Å². The average molecular weight is 460 g/mol. The standard InChI is InChI=1S/C26H25N3O3S/c1-18-12-13-23(19(2)16-18)29-25(31)21-10-6-7-11-22(21)28-26(29)33-17-24(30)27-14-15-32-20-8-4-3-5-9-20/h3-13,16H,14-15,17H2,1-2H3,(H,27,30). The summed E-state index contributed by atoms with van der Waals surface area (Å²) >= 11 is 1.25. The zero-order valence-electron chi connectivity index (χ0n) is 18.6. The van der Waals surface area contributed by atoms with Gasteiger partial charge in [0.25, 0.3) is 5.56 Å². The minimum absolute atomic E-state index is 0.140. The van der Waals surface area contributed by atoms with Crippen molar-refractivity contribution in [3.63, 3.8) is 0 Å². The van der Waals surface area contributed by atoms with Gasteiger partial charge in [-0.1, -0.05) is 59.8 Å². The van der Waals surface area contributed by atoms with E-state index in [4.69, 9.17) is 9.72 Å². The molecule has 7 heteroatoms. The topological polar surface area (TPSA) is 73.2 Å². The molecule has 0 aliphatic rings. The van der Waals surface area contributed by atoms with Crippen LogP contribution in [0.3, 0.4) is 0 Å². The Labute approximate surface area is 196 Å². The second kappa shape index (κ2) is 10.4. The summed E-state index contributed by atoms with van der Waals surface area (Å²) in [4.78, 5) is 30.5. The molecule has 0 atom stereocenters. The number of ether oxygens (including phenoxy) is 1. The predicted molar refractivity (Wildman–Crippen MR) is 132 cm³/mol. The van der Waals surface area contributed by atoms with Crippen LogP contribution < -0.4 is 15.6 Å². The van der Waals surface area contributed by atoms with Crippen molar-refractivity contribution in [2.75, 3.05) is 18.9 Å². The maximum Gasteiger partial charge on any atom is 0.266 e. The Bertz CT molecular complexity index is 1340. The summed E-state index contributed by atoms with van der Waals surface area (Å²) in [6.07, 6.45) is 0. The van der Waals surface area contributed by atoms with Crippen LogP contribution in [0.2, 0.25) is 0 Å². The van der Waals surface area contributed by atoms with Crippen LogP contribution in [0, 0.1) is 13.8 Å². The van der Waals surface area contributed by atoms with E-state index in [9.17, 15) is 9.59 Å². The van der Waals surface area contributed by atoms with Gasteiger partial charge in [-0.25, -0.2) is 4.98 Å². The van der Waals surface area contributed by atoms with Gasteiger partial charge in [-0.3, -0.25) is 14.2 Å². The van der Waals surface area contributed by atoms with E-state index in [0.717, 1.165) is 22.6 Å². The molecule has 0 saturated carbocycles. The van der Waals surface area contributed by atoms with Gasteiger partial charge in [0.05, 0.1) is 28.9 Å². The van der Waals surface area contributed by atoms with E-state index in [-0.39, 0.29) is 17.2 Å². The number of hydrogen-bond donors (Lipinski definition) is 1. The molecular formula is C26H25N3O3S. The van der Waals surface area contributed by atoms with Crippen LogP contribution in [0.1, 0.15) is 11.1 Å². The molecule has 0 spiro atoms. The molecule has 0 aliphatic heterocycles. The van der Waals surface area contributed by atoms with Crippen molar-refractivity contribution < 1.29 is 9.53 Å². The van der Waals surface area contributed by atoms with Gasteiger partial charge in [0.15, 0.2) is 5.16 Å². The minimum atomic E-state index is -0.147. The summed E-state index contributed by atoms with van der Waals surface area (Å²) in [5.41, 5.74) is 3.32. The van der Waals surface area contributed by atoms with E-state index >= 15 is 0 Å². The van der Waals surface area contributed by atoms with Crippen molar-refractivity contribution in [2.45, 2.75) is 19.0 Å². The number of aryl methyl sites for hydroxylation is 2. The number of carbonyl (C=O) groups is 1. The molecule has 4 rings (SSSR count). The fourth-order valence-corrected chi connectivity index (χ4v) is 4.37. The normalized spacial score (nSPS) is 10.8. The molecule has 4 aromatic rings. The van der Waals surface area contributed by atoms with Gasteiger partial charge in [-0.05, 0) is 49.7 Å². The quantitative estimate of drug-likeness (QED) is 0.242. The Balaban J connectivity index is 1.50. The smallest absolute Gasteiger partial charge is 0.266 e. The molecule has 1 amide bonds. The van der Waals surface area contributed by atoms with Gasteiger partial charge < -0.3 is 10.1 Å². The first-order valence-electron chi connectivity index (χ1n) is 10.7. The molecule has 3 aromatic carbocycles. The summed E-state index contributed by atoms with van der Waals surface area (Å²) < 4.78 is 7.21. The van der Waals surface area contributed by atoms with Crippen LogP contribution in [0.25, 0.3) is 16.6 Å². The van der Waals surface area contributed by atoms with E-state index in [1.807, 2.05) is 80.6 Å². The first-order chi connectivity index (χ1) is 16.0. The van der Waals surface area contributed by atoms with Gasteiger partial charge >= 0.3 is 0 Å². The number of benzene rings is 3. The Hall–Kier alpha value is -3.58. The van der Waals surface area contributed by atoms with Crippen LogP contribution in [-0.2, 0) is 4.79 Å². The predicted octanol–water partition coefficient (Wildman–Crippen LogP) is 4.29. The molecule has 0 bridgehead atoms. The second-order valence-electron chi connectivity index (χ2n) is 7.64. The SMILES string of the molecule is Cc1ccc(-n2c(SCC(=O)NCCOc3ccccc3)nc3ccccc3c2=O)c(C)c1. The third-order valence-corrected chi connectivity index (χ3v) is 6.05. The van der Waals surface area contributed by atoms with Crippen LogP contribution in [-0.4, -0.2) is 34.4 Å². The number of thioether (sulfide) groups is 1. The fourth-order valence-electron chi connectivity index (χ4n) is 3.54. The molecule has 6 nitrogen and oxygen atoms in total. The van der Waals surface area contributed by atoms with Crippen LogP contribution in [0.4, 0.5) is 0 Å². The Morgan fingerprint density at radius 2 is 1.79 bits per heavy atom. The van der Waals surface area contributed by atoms with E-state index in [0.29, 0.717) is 29.2 Å². The maximum atomic E-state index is 13.4. The third-order valence-electron chi connectivity index (χ3n) is 5.11. The van der Waals surface area contributed by atoms with Gasteiger partial charge in [0, 0.05) is 0 Å². The number of para-hydroxylation sites is 2. The summed E-state index contributed by atoms with van der Waals surface area (Å²) in [5.74, 6) is 0.756. The highest BCUT2D eigenvalue weighted by atomic mass is 32.2. The molecule has 1 N–H and O–H groups in total. The number of rotatable bonds is 8. The highest BCUT2D eigenvalue weighted by molar-refractivity contribution is 7.99. The molecular weight excluding hydrogens is 434 g/mol. The molecule has 0 radical (unpaired) electrons. The monoisotopic (exact) mass is 459 g/mol. The van der Waals surface area contributed by atoms with E-state index in [2.05, 4.69) is 5.32 Å². The molecule has 0 unspecified atom stereocenters. The first-order valence-corrected chi connectivity index (χ1v) is 11.7. The largest absolute Gasteiger partial charge is 0.492 e. The third kappa shape index (κ3) is 5.43. The molecule has 0 fully saturated rings. The van der Waals surface area contributed by atoms with Gasteiger partial charge in [-0.15, -0.1) is 0 Å². The van der Waals surface area contributed by atoms with Crippen LogP contribution in [0.15, 0.2) is 82.7 Å². The number of carbonyl (C=O) groups excluding carboxylic acids is 1. The molecule has 33 heavy (non-hydrogen) atoms. The van der Waals surface area contributed by atoms with E-state index in [1.165, 1.54) is 11.8 Å². The zero-order chi connectivity index (χ0) is 23.2. The lowest BCUT2D eigenvalue weighted by molar-refractivity contribution is -0.118. The Morgan fingerprint density at radius 1 is 1.03 bits per heavy atom. The number of fused-ring (bicyclic) bond motifs is 1. The molecule has 0 saturated heterocycles. The van der Waals surface area contributed by atoms with Crippen LogP contribution in [0.5, 0.6) is 5.75 Å². The first kappa shape index (κ1) is 22.6. The number of amides is 1. The highest BCUT2D eigenvalue weighted by Crippen LogP contribution is 2.23. The van der Waals surface area contributed by atoms with Crippen molar-refractivity contribution in [3.05, 3.63) is 94.3 Å². The lowest BCUT2D eigenvalue weighted by Gasteiger charge is -2.15. The number of hydrogen-bond acceptors (Lipinski definition) is 5. The Kier molecular flexibility index (Phi) is 7.10. The van der Waals surface area contributed by atoms with E-state index < -0.39 is 0 Å². The summed E-state index contributed by atoms with van der Waals surface area (Å²) in [6, 6.07) is 22.7. The molecule has 0 aliphatic carbocycles. The van der Waals surface area contributed by atoms with Crippen molar-refractivity contribution in [1.82, 2.24) is 14.9 Å². The lowest BCUT2D eigenvalue weighted by atomic mass is 10.1.